The summed E-state index contributed by atoms with van der Waals surface area (Å²) in [6, 6.07) is 0.907. The Bertz CT molecular complexity index is 422. The zero-order chi connectivity index (χ0) is 14.5. The van der Waals surface area contributed by atoms with Gasteiger partial charge in [-0.3, -0.25) is 4.90 Å². The first-order valence-corrected chi connectivity index (χ1v) is 6.59. The van der Waals surface area contributed by atoms with Crippen molar-refractivity contribution in [1.82, 2.24) is 24.8 Å². The summed E-state index contributed by atoms with van der Waals surface area (Å²) in [6.45, 7) is 3.94. The van der Waals surface area contributed by atoms with E-state index in [1.807, 2.05) is 0 Å². The molecule has 2 heterocycles. The van der Waals surface area contributed by atoms with Crippen molar-refractivity contribution in [2.24, 2.45) is 0 Å². The number of methoxy groups -OCH3 is 2. The average Bonchev–Trinajstić information content (AvgIpc) is 2.47. The largest absolute Gasteiger partial charge is 0.467 e. The molecule has 1 N–H and O–H groups in total. The standard InChI is InChI=1S/C12H22N6O2/c1-17-5-6-18(2)9(8-17)7-13-10-14-11(19-3)16-12(15-10)20-4/h9H,5-8H2,1-4H3,(H,13,14,15,16). The van der Waals surface area contributed by atoms with Crippen LogP contribution in [0.2, 0.25) is 0 Å². The third kappa shape index (κ3) is 3.67. The van der Waals surface area contributed by atoms with E-state index < -0.39 is 0 Å². The van der Waals surface area contributed by atoms with E-state index >= 15 is 0 Å². The number of rotatable bonds is 5. The van der Waals surface area contributed by atoms with Gasteiger partial charge in [-0.15, -0.1) is 4.98 Å². The van der Waals surface area contributed by atoms with Crippen LogP contribution in [0.3, 0.4) is 0 Å². The smallest absolute Gasteiger partial charge is 0.324 e. The fourth-order valence-electron chi connectivity index (χ4n) is 2.13. The van der Waals surface area contributed by atoms with Crippen LogP contribution >= 0.6 is 0 Å². The molecule has 1 aromatic rings. The molecule has 1 aromatic heterocycles. The molecule has 8 nitrogen and oxygen atoms in total. The maximum atomic E-state index is 5.03. The molecule has 1 atom stereocenters. The SMILES string of the molecule is COc1nc(NCC2CN(C)CCN2C)nc(OC)n1. The molecule has 0 aromatic carbocycles. The van der Waals surface area contributed by atoms with E-state index in [1.165, 1.54) is 14.2 Å². The van der Waals surface area contributed by atoms with E-state index in [0.717, 1.165) is 26.2 Å². The van der Waals surface area contributed by atoms with Crippen LogP contribution in [0.1, 0.15) is 0 Å². The fourth-order valence-corrected chi connectivity index (χ4v) is 2.13. The van der Waals surface area contributed by atoms with Crippen LogP contribution in [0.5, 0.6) is 12.0 Å². The Labute approximate surface area is 119 Å². The molecule has 2 rings (SSSR count). The maximum absolute atomic E-state index is 5.03. The molecular formula is C12H22N6O2. The van der Waals surface area contributed by atoms with E-state index in [9.17, 15) is 0 Å². The van der Waals surface area contributed by atoms with Gasteiger partial charge in [0.25, 0.3) is 0 Å². The van der Waals surface area contributed by atoms with Crippen molar-refractivity contribution in [2.45, 2.75) is 6.04 Å². The van der Waals surface area contributed by atoms with Gasteiger partial charge in [0.15, 0.2) is 0 Å². The molecule has 1 unspecified atom stereocenters. The zero-order valence-corrected chi connectivity index (χ0v) is 12.5. The van der Waals surface area contributed by atoms with Gasteiger partial charge in [0.2, 0.25) is 5.95 Å². The average molecular weight is 282 g/mol. The highest BCUT2D eigenvalue weighted by Gasteiger charge is 2.22. The number of hydrogen-bond acceptors (Lipinski definition) is 8. The van der Waals surface area contributed by atoms with E-state index in [-0.39, 0.29) is 12.0 Å². The highest BCUT2D eigenvalue weighted by Crippen LogP contribution is 2.13. The number of nitrogens with zero attached hydrogens (tertiary/aromatic N) is 5. The molecule has 0 bridgehead atoms. The number of ether oxygens (including phenoxy) is 2. The molecule has 0 aliphatic carbocycles. The molecule has 1 aliphatic heterocycles. The molecule has 112 valence electrons. The molecule has 0 radical (unpaired) electrons. The first-order chi connectivity index (χ1) is 9.62. The van der Waals surface area contributed by atoms with E-state index in [1.54, 1.807) is 0 Å². The first kappa shape index (κ1) is 14.7. The molecule has 0 amide bonds. The summed E-state index contributed by atoms with van der Waals surface area (Å²) in [4.78, 5) is 16.9. The summed E-state index contributed by atoms with van der Waals surface area (Å²) in [6.07, 6.45) is 0. The van der Waals surface area contributed by atoms with Crippen molar-refractivity contribution < 1.29 is 9.47 Å². The molecule has 0 spiro atoms. The number of aromatic nitrogens is 3. The van der Waals surface area contributed by atoms with Crippen LogP contribution < -0.4 is 14.8 Å². The number of anilines is 1. The van der Waals surface area contributed by atoms with E-state index in [2.05, 4.69) is 44.2 Å². The Morgan fingerprint density at radius 1 is 1.10 bits per heavy atom. The van der Waals surface area contributed by atoms with Gasteiger partial charge in [-0.25, -0.2) is 0 Å². The van der Waals surface area contributed by atoms with Crippen LogP contribution in [-0.4, -0.2) is 85.3 Å². The summed E-state index contributed by atoms with van der Waals surface area (Å²) in [5, 5.41) is 3.22. The first-order valence-electron chi connectivity index (χ1n) is 6.59. The molecule has 0 saturated carbocycles. The van der Waals surface area contributed by atoms with Crippen LogP contribution in [0.4, 0.5) is 5.95 Å². The second kappa shape index (κ2) is 6.67. The van der Waals surface area contributed by atoms with Crippen molar-refractivity contribution in [3.05, 3.63) is 0 Å². The van der Waals surface area contributed by atoms with Crippen LogP contribution in [0, 0.1) is 0 Å². The quantitative estimate of drug-likeness (QED) is 0.778. The van der Waals surface area contributed by atoms with Gasteiger partial charge in [-0.2, -0.15) is 9.97 Å². The summed E-state index contributed by atoms with van der Waals surface area (Å²) >= 11 is 0. The van der Waals surface area contributed by atoms with Crippen LogP contribution in [0.25, 0.3) is 0 Å². The predicted molar refractivity (Wildman–Crippen MR) is 75.3 cm³/mol. The van der Waals surface area contributed by atoms with Crippen LogP contribution in [0.15, 0.2) is 0 Å². The Kier molecular flexibility index (Phi) is 4.91. The highest BCUT2D eigenvalue weighted by atomic mass is 16.5. The van der Waals surface area contributed by atoms with Crippen molar-refractivity contribution in [2.75, 3.05) is 59.8 Å². The molecule has 1 saturated heterocycles. The van der Waals surface area contributed by atoms with Crippen LogP contribution in [-0.2, 0) is 0 Å². The monoisotopic (exact) mass is 282 g/mol. The second-order valence-corrected chi connectivity index (χ2v) is 4.91. The lowest BCUT2D eigenvalue weighted by Gasteiger charge is -2.37. The molecular weight excluding hydrogens is 260 g/mol. The maximum Gasteiger partial charge on any atom is 0.324 e. The number of likely N-dealkylation sites (N-methyl/N-ethyl adjacent to an activating group) is 2. The number of piperazine rings is 1. The minimum absolute atomic E-state index is 0.244. The molecule has 1 fully saturated rings. The highest BCUT2D eigenvalue weighted by molar-refractivity contribution is 5.27. The summed E-state index contributed by atoms with van der Waals surface area (Å²) in [7, 11) is 7.30. The van der Waals surface area contributed by atoms with Crippen molar-refractivity contribution >= 4 is 5.95 Å². The summed E-state index contributed by atoms with van der Waals surface area (Å²) < 4.78 is 10.1. The third-order valence-corrected chi connectivity index (χ3v) is 3.44. The Balaban J connectivity index is 1.99. The minimum Gasteiger partial charge on any atom is -0.467 e. The van der Waals surface area contributed by atoms with E-state index in [0.29, 0.717) is 12.0 Å². The van der Waals surface area contributed by atoms with Crippen molar-refractivity contribution in [1.29, 1.82) is 0 Å². The second-order valence-electron chi connectivity index (χ2n) is 4.91. The predicted octanol–water partition coefficient (Wildman–Crippen LogP) is -0.453. The Morgan fingerprint density at radius 2 is 1.75 bits per heavy atom. The van der Waals surface area contributed by atoms with Gasteiger partial charge in [-0.05, 0) is 14.1 Å². The summed E-state index contributed by atoms with van der Waals surface area (Å²) in [5.41, 5.74) is 0. The van der Waals surface area contributed by atoms with Crippen molar-refractivity contribution in [3.63, 3.8) is 0 Å². The molecule has 1 aliphatic rings. The fraction of sp³-hybridized carbons (Fsp3) is 0.750. The van der Waals surface area contributed by atoms with Gasteiger partial charge >= 0.3 is 12.0 Å². The van der Waals surface area contributed by atoms with Crippen molar-refractivity contribution in [3.8, 4) is 12.0 Å². The Morgan fingerprint density at radius 3 is 2.35 bits per heavy atom. The van der Waals surface area contributed by atoms with Gasteiger partial charge < -0.3 is 19.7 Å². The summed E-state index contributed by atoms with van der Waals surface area (Å²) in [5.74, 6) is 0.468. The normalized spacial score (nSPS) is 20.7. The van der Waals surface area contributed by atoms with Gasteiger partial charge in [0.1, 0.15) is 0 Å². The minimum atomic E-state index is 0.244. The molecule has 8 heteroatoms. The topological polar surface area (TPSA) is 75.6 Å². The van der Waals surface area contributed by atoms with E-state index in [4.69, 9.17) is 9.47 Å². The number of nitrogens with one attached hydrogen (secondary N) is 1. The van der Waals surface area contributed by atoms with Gasteiger partial charge in [0.05, 0.1) is 14.2 Å². The zero-order valence-electron chi connectivity index (χ0n) is 12.5. The van der Waals surface area contributed by atoms with Gasteiger partial charge in [0, 0.05) is 32.2 Å². The lowest BCUT2D eigenvalue weighted by atomic mass is 10.2. The third-order valence-electron chi connectivity index (χ3n) is 3.44. The lowest BCUT2D eigenvalue weighted by molar-refractivity contribution is 0.121. The number of hydrogen-bond donors (Lipinski definition) is 1. The van der Waals surface area contributed by atoms with Gasteiger partial charge in [-0.1, -0.05) is 0 Å². The lowest BCUT2D eigenvalue weighted by Crippen LogP contribution is -2.52. The molecule has 20 heavy (non-hydrogen) atoms. The Hall–Kier alpha value is -1.67.